The number of carbonyl (C=O) groups excluding carboxylic acids is 2. The summed E-state index contributed by atoms with van der Waals surface area (Å²) in [7, 11) is 3.18. The molecule has 1 fully saturated rings. The molecule has 6 nitrogen and oxygen atoms in total. The summed E-state index contributed by atoms with van der Waals surface area (Å²) in [6.07, 6.45) is 1.30. The van der Waals surface area contributed by atoms with Crippen molar-refractivity contribution in [3.8, 4) is 11.5 Å². The number of thioether (sulfide) groups is 1. The fourth-order valence-corrected chi connectivity index (χ4v) is 3.77. The zero-order chi connectivity index (χ0) is 17.7. The molecule has 0 bridgehead atoms. The number of hydrogen-bond acceptors (Lipinski definition) is 5. The summed E-state index contributed by atoms with van der Waals surface area (Å²) in [5, 5.41) is -0.215. The van der Waals surface area contributed by atoms with Crippen molar-refractivity contribution in [2.45, 2.75) is 29.9 Å². The van der Waals surface area contributed by atoms with Gasteiger partial charge in [-0.3, -0.25) is 9.59 Å². The summed E-state index contributed by atoms with van der Waals surface area (Å²) in [6.45, 7) is 3.07. The molecule has 1 saturated heterocycles. The average molecular weight is 352 g/mol. The van der Waals surface area contributed by atoms with E-state index in [0.29, 0.717) is 37.4 Å². The van der Waals surface area contributed by atoms with Crippen molar-refractivity contribution in [1.82, 2.24) is 4.90 Å². The first-order valence-electron chi connectivity index (χ1n) is 7.93. The second-order valence-corrected chi connectivity index (χ2v) is 7.19. The second kappa shape index (κ2) is 8.28. The first-order chi connectivity index (χ1) is 11.5. The van der Waals surface area contributed by atoms with E-state index in [1.807, 2.05) is 30.0 Å². The monoisotopic (exact) mass is 352 g/mol. The zero-order valence-corrected chi connectivity index (χ0v) is 15.1. The van der Waals surface area contributed by atoms with Crippen molar-refractivity contribution in [3.05, 3.63) is 18.2 Å². The van der Waals surface area contributed by atoms with Crippen molar-refractivity contribution >= 4 is 23.6 Å². The van der Waals surface area contributed by atoms with Crippen LogP contribution in [0.1, 0.15) is 19.8 Å². The summed E-state index contributed by atoms with van der Waals surface area (Å²) in [5.74, 6) is 1.01. The van der Waals surface area contributed by atoms with Gasteiger partial charge < -0.3 is 20.1 Å². The first-order valence-corrected chi connectivity index (χ1v) is 8.81. The lowest BCUT2D eigenvalue weighted by atomic mass is 9.96. The Balaban J connectivity index is 1.96. The molecule has 1 aliphatic rings. The molecule has 0 aliphatic carbocycles. The summed E-state index contributed by atoms with van der Waals surface area (Å²) in [4.78, 5) is 26.6. The van der Waals surface area contributed by atoms with Crippen LogP contribution in [0.2, 0.25) is 0 Å². The molecular formula is C17H24N2O4S. The minimum atomic E-state index is -0.269. The number of nitrogens with zero attached hydrogens (tertiary/aromatic N) is 1. The molecule has 2 rings (SSSR count). The summed E-state index contributed by atoms with van der Waals surface area (Å²) >= 11 is 1.48. The lowest BCUT2D eigenvalue weighted by molar-refractivity contribution is -0.134. The standard InChI is InChI=1S/C17H24N2O4S/c1-11(17(21)19-8-6-12(7-9-19)16(18)20)24-13-4-5-14(22-2)15(10-13)23-3/h4-5,10-12H,6-9H2,1-3H3,(H2,18,20). The Bertz CT molecular complexity index is 600. The van der Waals surface area contributed by atoms with Crippen LogP contribution in [0, 0.1) is 5.92 Å². The number of amides is 2. The van der Waals surface area contributed by atoms with Crippen LogP contribution >= 0.6 is 11.8 Å². The highest BCUT2D eigenvalue weighted by atomic mass is 32.2. The van der Waals surface area contributed by atoms with E-state index in [9.17, 15) is 9.59 Å². The third kappa shape index (κ3) is 4.35. The maximum Gasteiger partial charge on any atom is 0.235 e. The van der Waals surface area contributed by atoms with Crippen LogP contribution in [0.3, 0.4) is 0 Å². The molecule has 1 aliphatic heterocycles. The van der Waals surface area contributed by atoms with Gasteiger partial charge in [-0.15, -0.1) is 11.8 Å². The SMILES string of the molecule is COc1ccc(SC(C)C(=O)N2CCC(C(N)=O)CC2)cc1OC. The number of hydrogen-bond donors (Lipinski definition) is 1. The van der Waals surface area contributed by atoms with Gasteiger partial charge in [-0.25, -0.2) is 0 Å². The van der Waals surface area contributed by atoms with Gasteiger partial charge in [-0.1, -0.05) is 0 Å². The third-order valence-corrected chi connectivity index (χ3v) is 5.31. The predicted octanol–water partition coefficient (Wildman–Crippen LogP) is 1.91. The van der Waals surface area contributed by atoms with Crippen LogP contribution in [0.4, 0.5) is 0 Å². The summed E-state index contributed by atoms with van der Waals surface area (Å²) in [5.41, 5.74) is 5.33. The van der Waals surface area contributed by atoms with Crippen molar-refractivity contribution in [2.24, 2.45) is 11.7 Å². The highest BCUT2D eigenvalue weighted by molar-refractivity contribution is 8.00. The first kappa shape index (κ1) is 18.4. The van der Waals surface area contributed by atoms with Gasteiger partial charge in [0.2, 0.25) is 11.8 Å². The Labute approximate surface area is 146 Å². The van der Waals surface area contributed by atoms with Crippen molar-refractivity contribution in [3.63, 3.8) is 0 Å². The lowest BCUT2D eigenvalue weighted by Gasteiger charge is -2.32. The molecule has 132 valence electrons. The van der Waals surface area contributed by atoms with E-state index in [4.69, 9.17) is 15.2 Å². The Kier molecular flexibility index (Phi) is 6.36. The fourth-order valence-electron chi connectivity index (χ4n) is 2.79. The van der Waals surface area contributed by atoms with E-state index in [1.54, 1.807) is 14.2 Å². The van der Waals surface area contributed by atoms with E-state index in [0.717, 1.165) is 4.90 Å². The Morgan fingerprint density at radius 3 is 2.38 bits per heavy atom. The fraction of sp³-hybridized carbons (Fsp3) is 0.529. The number of likely N-dealkylation sites (tertiary alicyclic amines) is 1. The predicted molar refractivity (Wildman–Crippen MR) is 93.4 cm³/mol. The zero-order valence-electron chi connectivity index (χ0n) is 14.3. The molecule has 1 aromatic carbocycles. The Morgan fingerprint density at radius 1 is 1.21 bits per heavy atom. The molecule has 0 spiro atoms. The van der Waals surface area contributed by atoms with Gasteiger partial charge in [0, 0.05) is 23.9 Å². The molecule has 0 radical (unpaired) electrons. The van der Waals surface area contributed by atoms with Crippen LogP contribution in [0.5, 0.6) is 11.5 Å². The quantitative estimate of drug-likeness (QED) is 0.791. The van der Waals surface area contributed by atoms with E-state index >= 15 is 0 Å². The molecule has 2 amide bonds. The number of methoxy groups -OCH3 is 2. The normalized spacial score (nSPS) is 16.5. The number of carbonyl (C=O) groups is 2. The van der Waals surface area contributed by atoms with Crippen LogP contribution in [-0.2, 0) is 9.59 Å². The van der Waals surface area contributed by atoms with Crippen LogP contribution < -0.4 is 15.2 Å². The van der Waals surface area contributed by atoms with Gasteiger partial charge in [0.1, 0.15) is 0 Å². The van der Waals surface area contributed by atoms with E-state index in [2.05, 4.69) is 0 Å². The van der Waals surface area contributed by atoms with E-state index in [-0.39, 0.29) is 23.0 Å². The molecule has 1 heterocycles. The minimum absolute atomic E-state index is 0.0812. The second-order valence-electron chi connectivity index (χ2n) is 5.78. The minimum Gasteiger partial charge on any atom is -0.493 e. The van der Waals surface area contributed by atoms with Crippen molar-refractivity contribution in [2.75, 3.05) is 27.3 Å². The van der Waals surface area contributed by atoms with E-state index < -0.39 is 0 Å². The maximum atomic E-state index is 12.6. The highest BCUT2D eigenvalue weighted by Crippen LogP contribution is 2.34. The molecule has 24 heavy (non-hydrogen) atoms. The Hall–Kier alpha value is -1.89. The van der Waals surface area contributed by atoms with Gasteiger partial charge in [0.15, 0.2) is 11.5 Å². The number of nitrogens with two attached hydrogens (primary N) is 1. The Morgan fingerprint density at radius 2 is 1.83 bits per heavy atom. The average Bonchev–Trinajstić information content (AvgIpc) is 2.60. The highest BCUT2D eigenvalue weighted by Gasteiger charge is 2.28. The molecule has 1 aromatic rings. The van der Waals surface area contributed by atoms with Gasteiger partial charge in [0.05, 0.1) is 19.5 Å². The number of rotatable bonds is 6. The van der Waals surface area contributed by atoms with Crippen molar-refractivity contribution in [1.29, 1.82) is 0 Å². The number of ether oxygens (including phenoxy) is 2. The topological polar surface area (TPSA) is 81.9 Å². The number of primary amides is 1. The van der Waals surface area contributed by atoms with Crippen LogP contribution in [0.15, 0.2) is 23.1 Å². The molecule has 0 saturated carbocycles. The lowest BCUT2D eigenvalue weighted by Crippen LogP contribution is -2.44. The van der Waals surface area contributed by atoms with Gasteiger partial charge in [0.25, 0.3) is 0 Å². The molecule has 2 N–H and O–H groups in total. The van der Waals surface area contributed by atoms with Gasteiger partial charge in [-0.2, -0.15) is 0 Å². The number of benzene rings is 1. The molecule has 0 aromatic heterocycles. The van der Waals surface area contributed by atoms with Gasteiger partial charge >= 0.3 is 0 Å². The largest absolute Gasteiger partial charge is 0.493 e. The van der Waals surface area contributed by atoms with Crippen LogP contribution in [0.25, 0.3) is 0 Å². The van der Waals surface area contributed by atoms with Gasteiger partial charge in [-0.05, 0) is 38.0 Å². The summed E-state index contributed by atoms with van der Waals surface area (Å²) in [6, 6.07) is 5.61. The van der Waals surface area contributed by atoms with E-state index in [1.165, 1.54) is 11.8 Å². The molecule has 7 heteroatoms. The molecule has 1 atom stereocenters. The van der Waals surface area contributed by atoms with Crippen LogP contribution in [-0.4, -0.2) is 49.3 Å². The maximum absolute atomic E-state index is 12.6. The smallest absolute Gasteiger partial charge is 0.235 e. The number of piperidine rings is 1. The molecular weight excluding hydrogens is 328 g/mol. The third-order valence-electron chi connectivity index (χ3n) is 4.22. The summed E-state index contributed by atoms with van der Waals surface area (Å²) < 4.78 is 10.5. The molecule has 1 unspecified atom stereocenters. The van der Waals surface area contributed by atoms with Crippen molar-refractivity contribution < 1.29 is 19.1 Å².